The van der Waals surface area contributed by atoms with Crippen LogP contribution in [0.25, 0.3) is 0 Å². The molecule has 0 bridgehead atoms. The monoisotopic (exact) mass is 675 g/mol. The van der Waals surface area contributed by atoms with Gasteiger partial charge in [-0.2, -0.15) is 4.90 Å². The van der Waals surface area contributed by atoms with E-state index in [0.29, 0.717) is 43.2 Å². The van der Waals surface area contributed by atoms with Crippen molar-refractivity contribution >= 4 is 47.4 Å². The van der Waals surface area contributed by atoms with Crippen molar-refractivity contribution in [3.05, 3.63) is 64.7 Å². The van der Waals surface area contributed by atoms with Gasteiger partial charge in [-0.3, -0.25) is 33.8 Å². The molecule has 3 heterocycles. The Kier molecular flexibility index (Phi) is 9.64. The molecule has 2 aromatic rings. The second-order valence-corrected chi connectivity index (χ2v) is 14.2. The number of anilines is 1. The molecule has 1 unspecified atom stereocenters. The van der Waals surface area contributed by atoms with Gasteiger partial charge in [0, 0.05) is 50.4 Å². The first-order chi connectivity index (χ1) is 22.9. The van der Waals surface area contributed by atoms with Crippen LogP contribution in [0.1, 0.15) is 91.0 Å². The first-order valence-corrected chi connectivity index (χ1v) is 16.1. The minimum absolute atomic E-state index is 0.0153. The Morgan fingerprint density at radius 2 is 1.37 bits per heavy atom. The molecule has 3 aliphatic heterocycles. The number of carbonyl (C=O) groups excluding carboxylic acids is 7. The Balaban J connectivity index is 1.19. The molecule has 0 aromatic heterocycles. The fourth-order valence-corrected chi connectivity index (χ4v) is 5.76. The van der Waals surface area contributed by atoms with Crippen LogP contribution >= 0.6 is 0 Å². The number of nitrogens with one attached hydrogen (secondary N) is 1. The van der Waals surface area contributed by atoms with E-state index in [-0.39, 0.29) is 35.7 Å². The Bertz CT molecular complexity index is 1700. The average Bonchev–Trinajstić information content (AvgIpc) is 3.25. The molecule has 14 heteroatoms. The Hall–Kier alpha value is -5.11. The molecule has 0 saturated carbocycles. The molecule has 2 fully saturated rings. The number of nitrogens with zero attached hydrogens (tertiary/aromatic N) is 4. The van der Waals surface area contributed by atoms with Crippen molar-refractivity contribution in [2.45, 2.75) is 78.2 Å². The number of amides is 7. The molecule has 7 amide bonds. The van der Waals surface area contributed by atoms with Gasteiger partial charge in [0.1, 0.15) is 17.2 Å². The SMILES string of the molecule is CC(C)(C)OC(=O)N1CCN(Cc2ccc(C(=O)Nc3ccc4c(c3)C(=O)N(C3CCC(=O)N(C(=O)OC(C)(C)C)C3=O)C4=O)cc2)CC1. The molecule has 0 aliphatic carbocycles. The van der Waals surface area contributed by atoms with Crippen LogP contribution in [0.2, 0.25) is 0 Å². The molecule has 0 radical (unpaired) electrons. The summed E-state index contributed by atoms with van der Waals surface area (Å²) in [5.41, 5.74) is 0.126. The molecule has 260 valence electrons. The van der Waals surface area contributed by atoms with E-state index in [1.54, 1.807) is 37.8 Å². The first-order valence-electron chi connectivity index (χ1n) is 16.1. The smallest absolute Gasteiger partial charge is 0.424 e. The highest BCUT2D eigenvalue weighted by Gasteiger charge is 2.49. The maximum absolute atomic E-state index is 13.4. The molecule has 5 rings (SSSR count). The van der Waals surface area contributed by atoms with Gasteiger partial charge in [-0.05, 0) is 83.9 Å². The molecule has 1 N–H and O–H groups in total. The highest BCUT2D eigenvalue weighted by Crippen LogP contribution is 2.31. The molecule has 2 saturated heterocycles. The zero-order valence-electron chi connectivity index (χ0n) is 28.5. The van der Waals surface area contributed by atoms with Crippen molar-refractivity contribution in [1.82, 2.24) is 19.6 Å². The van der Waals surface area contributed by atoms with Gasteiger partial charge in [-0.1, -0.05) is 12.1 Å². The fraction of sp³-hybridized carbons (Fsp3) is 0.457. The zero-order valence-corrected chi connectivity index (χ0v) is 28.5. The van der Waals surface area contributed by atoms with Gasteiger partial charge in [0.15, 0.2) is 0 Å². The standard InChI is InChI=1S/C35H41N5O9/c1-34(2,3)48-32(46)38-17-15-37(16-18-38)20-21-7-9-22(10-8-21)28(42)36-23-11-12-24-25(19-23)30(44)39(29(24)43)26-13-14-27(41)40(31(26)45)33(47)49-35(4,5)6/h7-12,19,26H,13-18,20H2,1-6H3,(H,36,42). The van der Waals surface area contributed by atoms with E-state index in [4.69, 9.17) is 9.47 Å². The van der Waals surface area contributed by atoms with E-state index in [9.17, 15) is 33.6 Å². The summed E-state index contributed by atoms with van der Waals surface area (Å²) in [6.45, 7) is 13.4. The fourth-order valence-electron chi connectivity index (χ4n) is 5.76. The lowest BCUT2D eigenvalue weighted by atomic mass is 10.0. The largest absolute Gasteiger partial charge is 0.444 e. The minimum atomic E-state index is -1.37. The van der Waals surface area contributed by atoms with E-state index < -0.39 is 52.9 Å². The number of piperazine rings is 1. The molecule has 49 heavy (non-hydrogen) atoms. The van der Waals surface area contributed by atoms with Crippen LogP contribution in [-0.2, 0) is 25.6 Å². The van der Waals surface area contributed by atoms with Gasteiger partial charge in [0.2, 0.25) is 5.91 Å². The van der Waals surface area contributed by atoms with Crippen molar-refractivity contribution < 1.29 is 43.0 Å². The third-order valence-corrected chi connectivity index (χ3v) is 8.10. The summed E-state index contributed by atoms with van der Waals surface area (Å²) in [6.07, 6.45) is -1.86. The quantitative estimate of drug-likeness (QED) is 0.458. The minimum Gasteiger partial charge on any atom is -0.444 e. The van der Waals surface area contributed by atoms with Crippen LogP contribution in [0, 0.1) is 0 Å². The van der Waals surface area contributed by atoms with Crippen LogP contribution in [0.3, 0.4) is 0 Å². The number of hydrogen-bond acceptors (Lipinski definition) is 10. The van der Waals surface area contributed by atoms with Gasteiger partial charge < -0.3 is 19.7 Å². The van der Waals surface area contributed by atoms with Gasteiger partial charge in [0.05, 0.1) is 11.1 Å². The van der Waals surface area contributed by atoms with Crippen molar-refractivity contribution in [2.75, 3.05) is 31.5 Å². The predicted octanol–water partition coefficient (Wildman–Crippen LogP) is 4.04. The van der Waals surface area contributed by atoms with Gasteiger partial charge in [-0.15, -0.1) is 0 Å². The van der Waals surface area contributed by atoms with E-state index in [0.717, 1.165) is 10.5 Å². The van der Waals surface area contributed by atoms with E-state index in [1.807, 2.05) is 32.9 Å². The highest BCUT2D eigenvalue weighted by molar-refractivity contribution is 6.25. The van der Waals surface area contributed by atoms with Crippen molar-refractivity contribution in [2.24, 2.45) is 0 Å². The van der Waals surface area contributed by atoms with E-state index >= 15 is 0 Å². The first kappa shape index (κ1) is 35.2. The molecule has 0 spiro atoms. The molecule has 2 aromatic carbocycles. The predicted molar refractivity (Wildman–Crippen MR) is 176 cm³/mol. The average molecular weight is 676 g/mol. The number of likely N-dealkylation sites (tertiary alicyclic amines) is 1. The number of rotatable bonds is 5. The van der Waals surface area contributed by atoms with Crippen molar-refractivity contribution in [1.29, 1.82) is 0 Å². The second-order valence-electron chi connectivity index (χ2n) is 14.2. The zero-order chi connectivity index (χ0) is 35.8. The number of carbonyl (C=O) groups is 7. The molecular weight excluding hydrogens is 634 g/mol. The van der Waals surface area contributed by atoms with E-state index in [2.05, 4.69) is 10.2 Å². The van der Waals surface area contributed by atoms with Gasteiger partial charge >= 0.3 is 12.2 Å². The summed E-state index contributed by atoms with van der Waals surface area (Å²) < 4.78 is 10.7. The molecular formula is C35H41N5O9. The van der Waals surface area contributed by atoms with Crippen LogP contribution in [0.4, 0.5) is 15.3 Å². The summed E-state index contributed by atoms with van der Waals surface area (Å²) in [5.74, 6) is -3.73. The normalized spacial score (nSPS) is 18.8. The lowest BCUT2D eigenvalue weighted by molar-refractivity contribution is -0.150. The number of benzene rings is 2. The van der Waals surface area contributed by atoms with Crippen molar-refractivity contribution in [3.63, 3.8) is 0 Å². The number of fused-ring (bicyclic) bond motifs is 1. The summed E-state index contributed by atoms with van der Waals surface area (Å²) in [5, 5.41) is 2.75. The summed E-state index contributed by atoms with van der Waals surface area (Å²) in [6, 6.07) is 9.95. The number of imide groups is 4. The topological polar surface area (TPSA) is 163 Å². The number of hydrogen-bond donors (Lipinski definition) is 1. The number of piperidine rings is 1. The maximum atomic E-state index is 13.4. The maximum Gasteiger partial charge on any atom is 0.424 e. The summed E-state index contributed by atoms with van der Waals surface area (Å²) >= 11 is 0. The highest BCUT2D eigenvalue weighted by atomic mass is 16.6. The Labute approximate surface area is 284 Å². The van der Waals surface area contributed by atoms with E-state index in [1.165, 1.54) is 18.2 Å². The Morgan fingerprint density at radius 1 is 0.776 bits per heavy atom. The lowest BCUT2D eigenvalue weighted by Crippen LogP contribution is -2.58. The summed E-state index contributed by atoms with van der Waals surface area (Å²) in [4.78, 5) is 95.5. The number of ether oxygens (including phenoxy) is 2. The second kappa shape index (κ2) is 13.4. The van der Waals surface area contributed by atoms with Gasteiger partial charge in [0.25, 0.3) is 23.6 Å². The molecule has 14 nitrogen and oxygen atoms in total. The van der Waals surface area contributed by atoms with Crippen LogP contribution in [-0.4, -0.2) is 105 Å². The third kappa shape index (κ3) is 7.96. The Morgan fingerprint density at radius 3 is 1.98 bits per heavy atom. The van der Waals surface area contributed by atoms with Crippen LogP contribution in [0.5, 0.6) is 0 Å². The van der Waals surface area contributed by atoms with Crippen LogP contribution < -0.4 is 5.32 Å². The van der Waals surface area contributed by atoms with Crippen LogP contribution in [0.15, 0.2) is 42.5 Å². The molecule has 1 atom stereocenters. The van der Waals surface area contributed by atoms with Crippen molar-refractivity contribution in [3.8, 4) is 0 Å². The summed E-state index contributed by atoms with van der Waals surface area (Å²) in [7, 11) is 0. The molecule has 3 aliphatic rings. The van der Waals surface area contributed by atoms with Gasteiger partial charge in [-0.25, -0.2) is 9.59 Å². The lowest BCUT2D eigenvalue weighted by Gasteiger charge is -2.35. The third-order valence-electron chi connectivity index (χ3n) is 8.10.